The van der Waals surface area contributed by atoms with Gasteiger partial charge in [-0.25, -0.2) is 0 Å². The number of rotatable bonds is 4. The van der Waals surface area contributed by atoms with Gasteiger partial charge >= 0.3 is 0 Å². The highest BCUT2D eigenvalue weighted by molar-refractivity contribution is 5.79. The lowest BCUT2D eigenvalue weighted by atomic mass is 9.88. The maximum Gasteiger partial charge on any atom is 0.225 e. The van der Waals surface area contributed by atoms with E-state index in [1.165, 1.54) is 24.8 Å². The molecule has 1 aromatic rings. The zero-order valence-electron chi connectivity index (χ0n) is 14.4. The van der Waals surface area contributed by atoms with Crippen LogP contribution in [0, 0.1) is 12.8 Å². The molecular weight excluding hydrogens is 286 g/mol. The Labute approximate surface area is 139 Å². The summed E-state index contributed by atoms with van der Waals surface area (Å²) in [5, 5.41) is 3.64. The van der Waals surface area contributed by atoms with Gasteiger partial charge in [0.2, 0.25) is 5.91 Å². The molecule has 0 spiro atoms. The highest BCUT2D eigenvalue weighted by Gasteiger charge is 2.36. The van der Waals surface area contributed by atoms with E-state index in [0.29, 0.717) is 18.0 Å². The van der Waals surface area contributed by atoms with Crippen molar-refractivity contribution in [1.82, 2.24) is 15.2 Å². The van der Waals surface area contributed by atoms with E-state index in [1.807, 2.05) is 19.2 Å². The summed E-state index contributed by atoms with van der Waals surface area (Å²) >= 11 is 0. The van der Waals surface area contributed by atoms with Gasteiger partial charge in [0.25, 0.3) is 0 Å². The molecule has 126 valence electrons. The lowest BCUT2D eigenvalue weighted by Gasteiger charge is -2.30. The summed E-state index contributed by atoms with van der Waals surface area (Å²) in [6.45, 7) is 5.98. The molecule has 1 saturated carbocycles. The number of carbonyl (C=O) groups excluding carboxylic acids is 1. The smallest absolute Gasteiger partial charge is 0.225 e. The Hall–Kier alpha value is -1.42. The Bertz CT molecular complexity index is 539. The van der Waals surface area contributed by atoms with E-state index >= 15 is 0 Å². The Morgan fingerprint density at radius 1 is 1.30 bits per heavy atom. The second kappa shape index (κ2) is 7.43. The fourth-order valence-corrected chi connectivity index (χ4v) is 4.05. The van der Waals surface area contributed by atoms with Crippen molar-refractivity contribution >= 4 is 5.91 Å². The lowest BCUT2D eigenvalue weighted by molar-refractivity contribution is -0.137. The molecule has 1 N–H and O–H groups in total. The van der Waals surface area contributed by atoms with Gasteiger partial charge in [-0.2, -0.15) is 0 Å². The van der Waals surface area contributed by atoms with Crippen molar-refractivity contribution < 1.29 is 4.79 Å². The van der Waals surface area contributed by atoms with Crippen molar-refractivity contribution in [3.05, 3.63) is 29.6 Å². The van der Waals surface area contributed by atoms with Crippen LogP contribution >= 0.6 is 0 Å². The Morgan fingerprint density at radius 2 is 2.09 bits per heavy atom. The molecule has 0 bridgehead atoms. The molecular formula is C19H29N3O. The fourth-order valence-electron chi connectivity index (χ4n) is 4.05. The van der Waals surface area contributed by atoms with E-state index in [1.54, 1.807) is 0 Å². The van der Waals surface area contributed by atoms with E-state index in [0.717, 1.165) is 38.0 Å². The largest absolute Gasteiger partial charge is 0.338 e. The third-order valence-corrected chi connectivity index (χ3v) is 5.66. The van der Waals surface area contributed by atoms with Gasteiger partial charge in [-0.3, -0.25) is 9.78 Å². The van der Waals surface area contributed by atoms with Crippen LogP contribution in [0.5, 0.6) is 0 Å². The average Bonchev–Trinajstić information content (AvgIpc) is 2.95. The molecule has 0 aromatic carbocycles. The summed E-state index contributed by atoms with van der Waals surface area (Å²) in [4.78, 5) is 19.2. The molecule has 2 fully saturated rings. The quantitative estimate of drug-likeness (QED) is 0.929. The minimum Gasteiger partial charge on any atom is -0.338 e. The topological polar surface area (TPSA) is 45.2 Å². The molecule has 1 aromatic heterocycles. The first-order valence-corrected chi connectivity index (χ1v) is 9.11. The van der Waals surface area contributed by atoms with Crippen molar-refractivity contribution in [1.29, 1.82) is 0 Å². The van der Waals surface area contributed by atoms with Gasteiger partial charge in [0.15, 0.2) is 0 Å². The summed E-state index contributed by atoms with van der Waals surface area (Å²) in [5.41, 5.74) is 2.33. The molecule has 1 aliphatic carbocycles. The summed E-state index contributed by atoms with van der Waals surface area (Å²) in [7, 11) is 0. The van der Waals surface area contributed by atoms with Crippen LogP contribution < -0.4 is 5.32 Å². The first-order valence-electron chi connectivity index (χ1n) is 9.11. The second-order valence-corrected chi connectivity index (χ2v) is 7.13. The zero-order chi connectivity index (χ0) is 16.2. The van der Waals surface area contributed by atoms with Crippen molar-refractivity contribution in [3.8, 4) is 0 Å². The first-order chi connectivity index (χ1) is 11.2. The van der Waals surface area contributed by atoms with E-state index in [9.17, 15) is 4.79 Å². The van der Waals surface area contributed by atoms with Crippen LogP contribution in [0.25, 0.3) is 0 Å². The lowest BCUT2D eigenvalue weighted by Crippen LogP contribution is -2.45. The highest BCUT2D eigenvalue weighted by Crippen LogP contribution is 2.28. The molecule has 4 heteroatoms. The summed E-state index contributed by atoms with van der Waals surface area (Å²) < 4.78 is 0. The molecule has 2 heterocycles. The summed E-state index contributed by atoms with van der Waals surface area (Å²) in [6, 6.07) is 4.80. The van der Waals surface area contributed by atoms with Crippen LogP contribution in [0.3, 0.4) is 0 Å². The number of carbonyl (C=O) groups is 1. The Kier molecular flexibility index (Phi) is 5.31. The maximum atomic E-state index is 12.8. The molecule has 1 amide bonds. The Balaban J connectivity index is 1.55. The van der Waals surface area contributed by atoms with Gasteiger partial charge in [-0.15, -0.1) is 0 Å². The number of aromatic nitrogens is 1. The number of nitrogens with zero attached hydrogens (tertiary/aromatic N) is 2. The molecule has 2 atom stereocenters. The monoisotopic (exact) mass is 315 g/mol. The number of hydrogen-bond acceptors (Lipinski definition) is 3. The minimum atomic E-state index is 0.283. The molecule has 2 unspecified atom stereocenters. The van der Waals surface area contributed by atoms with Crippen molar-refractivity contribution in [2.24, 2.45) is 5.92 Å². The SMILES string of the molecule is Cc1ncccc1CNC1CCN(C(=O)C2CCCCC2)C1C. The third-order valence-electron chi connectivity index (χ3n) is 5.66. The zero-order valence-corrected chi connectivity index (χ0v) is 14.4. The van der Waals surface area contributed by atoms with Crippen LogP contribution in [0.1, 0.15) is 56.7 Å². The third kappa shape index (κ3) is 3.74. The molecule has 2 aliphatic rings. The Morgan fingerprint density at radius 3 is 2.83 bits per heavy atom. The normalized spacial score (nSPS) is 25.7. The standard InChI is InChI=1S/C19H29N3O/c1-14-17(9-6-11-20-14)13-21-18-10-12-22(15(18)2)19(23)16-7-4-3-5-8-16/h6,9,11,15-16,18,21H,3-5,7-8,10,12-13H2,1-2H3. The average molecular weight is 315 g/mol. The van der Waals surface area contributed by atoms with Crippen LogP contribution in [0.2, 0.25) is 0 Å². The summed E-state index contributed by atoms with van der Waals surface area (Å²) in [6.07, 6.45) is 8.82. The van der Waals surface area contributed by atoms with Gasteiger partial charge in [0, 0.05) is 43.0 Å². The highest BCUT2D eigenvalue weighted by atomic mass is 16.2. The van der Waals surface area contributed by atoms with Gasteiger partial charge < -0.3 is 10.2 Å². The van der Waals surface area contributed by atoms with E-state index < -0.39 is 0 Å². The molecule has 1 aliphatic heterocycles. The van der Waals surface area contributed by atoms with Crippen molar-refractivity contribution in [2.75, 3.05) is 6.54 Å². The van der Waals surface area contributed by atoms with Crippen LogP contribution in [-0.4, -0.2) is 34.4 Å². The predicted molar refractivity (Wildman–Crippen MR) is 92.0 cm³/mol. The molecule has 23 heavy (non-hydrogen) atoms. The molecule has 4 nitrogen and oxygen atoms in total. The predicted octanol–water partition coefficient (Wildman–Crippen LogP) is 3.05. The van der Waals surface area contributed by atoms with E-state index in [4.69, 9.17) is 0 Å². The van der Waals surface area contributed by atoms with Crippen LogP contribution in [0.15, 0.2) is 18.3 Å². The number of amides is 1. The fraction of sp³-hybridized carbons (Fsp3) is 0.684. The number of pyridine rings is 1. The van der Waals surface area contributed by atoms with Gasteiger partial charge in [0.05, 0.1) is 0 Å². The van der Waals surface area contributed by atoms with Crippen molar-refractivity contribution in [2.45, 2.75) is 71.0 Å². The number of likely N-dealkylation sites (tertiary alicyclic amines) is 1. The van der Waals surface area contributed by atoms with Crippen LogP contribution in [0.4, 0.5) is 0 Å². The number of aryl methyl sites for hydroxylation is 1. The molecule has 3 rings (SSSR count). The number of nitrogens with one attached hydrogen (secondary N) is 1. The van der Waals surface area contributed by atoms with Crippen molar-refractivity contribution in [3.63, 3.8) is 0 Å². The molecule has 0 radical (unpaired) electrons. The second-order valence-electron chi connectivity index (χ2n) is 7.13. The minimum absolute atomic E-state index is 0.283. The van der Waals surface area contributed by atoms with E-state index in [-0.39, 0.29) is 5.92 Å². The first kappa shape index (κ1) is 16.4. The number of hydrogen-bond donors (Lipinski definition) is 1. The van der Waals surface area contributed by atoms with Gasteiger partial charge in [0.1, 0.15) is 0 Å². The van der Waals surface area contributed by atoms with E-state index in [2.05, 4.69) is 28.2 Å². The molecule has 1 saturated heterocycles. The van der Waals surface area contributed by atoms with Crippen LogP contribution in [-0.2, 0) is 11.3 Å². The van der Waals surface area contributed by atoms with Gasteiger partial charge in [-0.1, -0.05) is 25.3 Å². The summed E-state index contributed by atoms with van der Waals surface area (Å²) in [5.74, 6) is 0.685. The van der Waals surface area contributed by atoms with Gasteiger partial charge in [-0.05, 0) is 44.7 Å². The maximum absolute atomic E-state index is 12.8.